The molecule has 1 saturated heterocycles. The number of piperidine rings is 1. The highest BCUT2D eigenvalue weighted by Gasteiger charge is 2.18. The van der Waals surface area contributed by atoms with E-state index in [0.29, 0.717) is 11.9 Å². The van der Waals surface area contributed by atoms with Crippen LogP contribution in [-0.2, 0) is 4.79 Å². The Balaban J connectivity index is 1.78. The molecule has 1 atom stereocenters. The highest BCUT2D eigenvalue weighted by molar-refractivity contribution is 5.80. The maximum atomic E-state index is 12.0. The van der Waals surface area contributed by atoms with E-state index in [4.69, 9.17) is 4.42 Å². The smallest absolute Gasteiger partial charge is 0.315 e. The third-order valence-electron chi connectivity index (χ3n) is 3.61. The van der Waals surface area contributed by atoms with E-state index in [1.165, 1.54) is 6.42 Å². The number of rotatable bonds is 7. The Kier molecular flexibility index (Phi) is 5.98. The molecule has 7 heteroatoms. The molecular weight excluding hydrogens is 270 g/mol. The molecule has 1 aromatic heterocycles. The van der Waals surface area contributed by atoms with E-state index in [1.54, 1.807) is 0 Å². The number of carbonyl (C=O) groups excluding carboxylic acids is 1. The molecule has 0 bridgehead atoms. The van der Waals surface area contributed by atoms with Gasteiger partial charge < -0.3 is 20.0 Å². The van der Waals surface area contributed by atoms with Gasteiger partial charge >= 0.3 is 6.01 Å². The highest BCUT2D eigenvalue weighted by atomic mass is 16.4. The van der Waals surface area contributed by atoms with Gasteiger partial charge in [-0.25, -0.2) is 0 Å². The molecule has 1 aliphatic heterocycles. The number of aromatic nitrogens is 2. The molecular formula is C14H25N5O2. The van der Waals surface area contributed by atoms with Crippen LogP contribution in [0.15, 0.2) is 4.42 Å². The van der Waals surface area contributed by atoms with Crippen molar-refractivity contribution in [2.45, 2.75) is 45.6 Å². The molecule has 0 radical (unpaired) electrons. The zero-order valence-corrected chi connectivity index (χ0v) is 12.9. The van der Waals surface area contributed by atoms with Gasteiger partial charge in [-0.3, -0.25) is 4.79 Å². The summed E-state index contributed by atoms with van der Waals surface area (Å²) >= 11 is 0. The van der Waals surface area contributed by atoms with E-state index >= 15 is 0 Å². The van der Waals surface area contributed by atoms with E-state index in [0.717, 1.165) is 38.9 Å². The lowest BCUT2D eigenvalue weighted by atomic mass is 10.1. The fourth-order valence-corrected chi connectivity index (χ4v) is 2.34. The van der Waals surface area contributed by atoms with Crippen LogP contribution in [0.25, 0.3) is 0 Å². The summed E-state index contributed by atoms with van der Waals surface area (Å²) in [6.45, 7) is 6.90. The van der Waals surface area contributed by atoms with Gasteiger partial charge in [-0.15, -0.1) is 5.10 Å². The van der Waals surface area contributed by atoms with Crippen molar-refractivity contribution in [3.8, 4) is 0 Å². The Bertz CT molecular complexity index is 442. The zero-order valence-electron chi connectivity index (χ0n) is 12.9. The summed E-state index contributed by atoms with van der Waals surface area (Å²) in [6.07, 6.45) is 4.45. The third-order valence-corrected chi connectivity index (χ3v) is 3.61. The number of hydrogen-bond acceptors (Lipinski definition) is 6. The fourth-order valence-electron chi connectivity index (χ4n) is 2.34. The van der Waals surface area contributed by atoms with Crippen LogP contribution in [0.4, 0.5) is 6.01 Å². The van der Waals surface area contributed by atoms with Gasteiger partial charge in [0.2, 0.25) is 11.8 Å². The van der Waals surface area contributed by atoms with E-state index in [9.17, 15) is 4.79 Å². The molecule has 1 aliphatic rings. The first-order chi connectivity index (χ1) is 10.2. The Morgan fingerprint density at radius 3 is 2.81 bits per heavy atom. The number of nitrogens with zero attached hydrogens (tertiary/aromatic N) is 3. The van der Waals surface area contributed by atoms with Crippen LogP contribution in [-0.4, -0.2) is 47.2 Å². The third kappa shape index (κ3) is 4.70. The monoisotopic (exact) mass is 295 g/mol. The quantitative estimate of drug-likeness (QED) is 0.794. The summed E-state index contributed by atoms with van der Waals surface area (Å²) in [5.41, 5.74) is 0. The van der Waals surface area contributed by atoms with Crippen LogP contribution in [0.3, 0.4) is 0 Å². The number of nitrogens with one attached hydrogen (secondary N) is 2. The molecule has 2 rings (SSSR count). The molecule has 2 heterocycles. The van der Waals surface area contributed by atoms with Gasteiger partial charge in [0.1, 0.15) is 0 Å². The molecule has 1 amide bonds. The maximum absolute atomic E-state index is 12.0. The number of anilines is 1. The summed E-state index contributed by atoms with van der Waals surface area (Å²) in [6, 6.07) is 0.325. The lowest BCUT2D eigenvalue weighted by Gasteiger charge is -2.26. The fraction of sp³-hybridized carbons (Fsp3) is 0.786. The molecule has 0 spiro atoms. The van der Waals surface area contributed by atoms with E-state index in [1.807, 2.05) is 11.8 Å². The minimum absolute atomic E-state index is 0.0193. The second-order valence-electron chi connectivity index (χ2n) is 5.42. The van der Waals surface area contributed by atoms with Gasteiger partial charge in [-0.05, 0) is 39.2 Å². The standard InChI is InChI=1S/C14H25N5O2/c1-3-7-15-11(2)13-17-18-14(21-13)16-10-12(20)19-8-5-4-6-9-19/h11,15H,3-10H2,1-2H3,(H,16,18). The molecule has 2 N–H and O–H groups in total. The molecule has 118 valence electrons. The van der Waals surface area contributed by atoms with Crippen molar-refractivity contribution in [2.24, 2.45) is 0 Å². The van der Waals surface area contributed by atoms with Crippen LogP contribution in [0, 0.1) is 0 Å². The Labute approximate surface area is 125 Å². The predicted octanol–water partition coefficient (Wildman–Crippen LogP) is 1.55. The van der Waals surface area contributed by atoms with E-state index in [-0.39, 0.29) is 18.5 Å². The summed E-state index contributed by atoms with van der Waals surface area (Å²) in [5.74, 6) is 0.628. The SMILES string of the molecule is CCCNC(C)c1nnc(NCC(=O)N2CCCCC2)o1. The lowest BCUT2D eigenvalue weighted by molar-refractivity contribution is -0.130. The molecule has 0 saturated carbocycles. The van der Waals surface area contributed by atoms with Crippen molar-refractivity contribution >= 4 is 11.9 Å². The topological polar surface area (TPSA) is 83.3 Å². The first kappa shape index (κ1) is 15.8. The second kappa shape index (κ2) is 7.97. The normalized spacial score (nSPS) is 16.8. The Morgan fingerprint density at radius 2 is 2.10 bits per heavy atom. The largest absolute Gasteiger partial charge is 0.406 e. The molecule has 21 heavy (non-hydrogen) atoms. The van der Waals surface area contributed by atoms with Crippen molar-refractivity contribution in [3.63, 3.8) is 0 Å². The van der Waals surface area contributed by atoms with Crippen molar-refractivity contribution in [3.05, 3.63) is 5.89 Å². The molecule has 1 fully saturated rings. The Morgan fingerprint density at radius 1 is 1.33 bits per heavy atom. The molecule has 7 nitrogen and oxygen atoms in total. The first-order valence-corrected chi connectivity index (χ1v) is 7.79. The number of likely N-dealkylation sites (tertiary alicyclic amines) is 1. The van der Waals surface area contributed by atoms with Crippen LogP contribution in [0.5, 0.6) is 0 Å². The van der Waals surface area contributed by atoms with Gasteiger partial charge in [0.05, 0.1) is 12.6 Å². The van der Waals surface area contributed by atoms with Crippen molar-refractivity contribution < 1.29 is 9.21 Å². The average molecular weight is 295 g/mol. The van der Waals surface area contributed by atoms with Crippen molar-refractivity contribution in [1.82, 2.24) is 20.4 Å². The first-order valence-electron chi connectivity index (χ1n) is 7.79. The van der Waals surface area contributed by atoms with Crippen LogP contribution < -0.4 is 10.6 Å². The maximum Gasteiger partial charge on any atom is 0.315 e. The Hall–Kier alpha value is -1.63. The number of carbonyl (C=O) groups is 1. The predicted molar refractivity (Wildman–Crippen MR) is 79.9 cm³/mol. The van der Waals surface area contributed by atoms with Crippen LogP contribution >= 0.6 is 0 Å². The van der Waals surface area contributed by atoms with Gasteiger partial charge in [-0.2, -0.15) is 0 Å². The minimum Gasteiger partial charge on any atom is -0.406 e. The van der Waals surface area contributed by atoms with Crippen molar-refractivity contribution in [1.29, 1.82) is 0 Å². The van der Waals surface area contributed by atoms with Gasteiger partial charge in [0, 0.05) is 13.1 Å². The lowest BCUT2D eigenvalue weighted by Crippen LogP contribution is -2.39. The molecule has 0 aliphatic carbocycles. The zero-order chi connectivity index (χ0) is 15.1. The summed E-state index contributed by atoms with van der Waals surface area (Å²) in [4.78, 5) is 13.9. The summed E-state index contributed by atoms with van der Waals surface area (Å²) in [5, 5.41) is 14.1. The van der Waals surface area contributed by atoms with E-state index in [2.05, 4.69) is 27.8 Å². The van der Waals surface area contributed by atoms with Gasteiger partial charge in [0.25, 0.3) is 0 Å². The van der Waals surface area contributed by atoms with E-state index < -0.39 is 0 Å². The van der Waals surface area contributed by atoms with Crippen LogP contribution in [0.2, 0.25) is 0 Å². The molecule has 1 aromatic rings. The highest BCUT2D eigenvalue weighted by Crippen LogP contribution is 2.14. The van der Waals surface area contributed by atoms with Crippen LogP contribution in [0.1, 0.15) is 51.5 Å². The summed E-state index contributed by atoms with van der Waals surface area (Å²) < 4.78 is 5.51. The molecule has 1 unspecified atom stereocenters. The van der Waals surface area contributed by atoms with Crippen molar-refractivity contribution in [2.75, 3.05) is 31.5 Å². The summed E-state index contributed by atoms with van der Waals surface area (Å²) in [7, 11) is 0. The molecule has 0 aromatic carbocycles. The van der Waals surface area contributed by atoms with Gasteiger partial charge in [-0.1, -0.05) is 12.0 Å². The van der Waals surface area contributed by atoms with Gasteiger partial charge in [0.15, 0.2) is 0 Å². The number of amides is 1. The number of hydrogen-bond donors (Lipinski definition) is 2. The second-order valence-corrected chi connectivity index (χ2v) is 5.42. The minimum atomic E-state index is 0.0193. The average Bonchev–Trinajstić information content (AvgIpc) is 3.00.